The molecule has 0 saturated carbocycles. The van der Waals surface area contributed by atoms with Crippen LogP contribution in [0.25, 0.3) is 0 Å². The van der Waals surface area contributed by atoms with Crippen molar-refractivity contribution in [3.05, 3.63) is 77.1 Å². The first-order valence-corrected chi connectivity index (χ1v) is 10.8. The van der Waals surface area contributed by atoms with E-state index in [9.17, 15) is 0 Å². The largest absolute Gasteiger partial charge is 0.497 e. The number of benzene rings is 2. The number of hydrogen-bond acceptors (Lipinski definition) is 5. The summed E-state index contributed by atoms with van der Waals surface area (Å²) in [6.07, 6.45) is 3.85. The van der Waals surface area contributed by atoms with Crippen molar-refractivity contribution in [1.29, 1.82) is 0 Å². The molecule has 0 aliphatic rings. The van der Waals surface area contributed by atoms with Crippen molar-refractivity contribution in [3.63, 3.8) is 0 Å². The van der Waals surface area contributed by atoms with Crippen molar-refractivity contribution < 1.29 is 17.9 Å². The fourth-order valence-electron chi connectivity index (χ4n) is 2.93. The monoisotopic (exact) mass is 431 g/mol. The SMILES string of the molecule is COc1ccc(Cc2cn(C(C)C)nc2Cc2ccc(OC)cc2)cc1.N[SH](=O)=O. The van der Waals surface area contributed by atoms with Gasteiger partial charge in [0.05, 0.1) is 19.9 Å². The number of ether oxygens (including phenoxy) is 2. The number of aromatic nitrogens is 2. The van der Waals surface area contributed by atoms with E-state index in [0.717, 1.165) is 30.0 Å². The van der Waals surface area contributed by atoms with Gasteiger partial charge < -0.3 is 9.47 Å². The molecule has 0 radical (unpaired) electrons. The van der Waals surface area contributed by atoms with Crippen molar-refractivity contribution in [2.45, 2.75) is 32.7 Å². The number of hydrogen-bond donors (Lipinski definition) is 2. The Morgan fingerprint density at radius 1 is 0.900 bits per heavy atom. The van der Waals surface area contributed by atoms with Crippen LogP contribution in [0.15, 0.2) is 54.7 Å². The molecule has 0 spiro atoms. The minimum absolute atomic E-state index is 0.342. The van der Waals surface area contributed by atoms with Crippen LogP contribution in [-0.2, 0) is 23.7 Å². The van der Waals surface area contributed by atoms with E-state index >= 15 is 0 Å². The summed E-state index contributed by atoms with van der Waals surface area (Å²) in [5.74, 6) is 1.75. The maximum Gasteiger partial charge on any atom is 0.198 e. The first-order chi connectivity index (χ1) is 14.3. The van der Waals surface area contributed by atoms with Gasteiger partial charge in [-0.1, -0.05) is 24.3 Å². The second-order valence-electron chi connectivity index (χ2n) is 7.01. The molecule has 30 heavy (non-hydrogen) atoms. The van der Waals surface area contributed by atoms with Gasteiger partial charge in [-0.15, -0.1) is 0 Å². The van der Waals surface area contributed by atoms with Crippen LogP contribution in [0.5, 0.6) is 11.5 Å². The summed E-state index contributed by atoms with van der Waals surface area (Å²) in [5.41, 5.74) is 4.88. The van der Waals surface area contributed by atoms with E-state index in [2.05, 4.69) is 54.1 Å². The lowest BCUT2D eigenvalue weighted by molar-refractivity contribution is 0.414. The fraction of sp³-hybridized carbons (Fsp3) is 0.318. The first kappa shape index (κ1) is 23.4. The highest BCUT2D eigenvalue weighted by Gasteiger charge is 2.12. The van der Waals surface area contributed by atoms with Crippen molar-refractivity contribution in [3.8, 4) is 11.5 Å². The van der Waals surface area contributed by atoms with Gasteiger partial charge in [0.15, 0.2) is 10.9 Å². The van der Waals surface area contributed by atoms with Crippen molar-refractivity contribution in [1.82, 2.24) is 9.78 Å². The Hall–Kier alpha value is -2.84. The van der Waals surface area contributed by atoms with Crippen LogP contribution < -0.4 is 14.6 Å². The zero-order valence-electron chi connectivity index (χ0n) is 17.7. The van der Waals surface area contributed by atoms with E-state index in [1.54, 1.807) is 14.2 Å². The molecule has 3 aromatic rings. The van der Waals surface area contributed by atoms with Crippen molar-refractivity contribution >= 4 is 10.9 Å². The van der Waals surface area contributed by atoms with Gasteiger partial charge in [0.1, 0.15) is 11.5 Å². The molecule has 2 aromatic carbocycles. The zero-order valence-corrected chi connectivity index (χ0v) is 18.6. The second-order valence-corrected chi connectivity index (χ2v) is 7.58. The minimum Gasteiger partial charge on any atom is -0.497 e. The van der Waals surface area contributed by atoms with Crippen LogP contribution in [0.3, 0.4) is 0 Å². The predicted molar refractivity (Wildman–Crippen MR) is 119 cm³/mol. The third kappa shape index (κ3) is 7.20. The molecular formula is C22H29N3O4S. The number of thiol groups is 1. The van der Waals surface area contributed by atoms with Crippen LogP contribution >= 0.6 is 0 Å². The Bertz CT molecular complexity index is 919. The topological polar surface area (TPSA) is 96.4 Å². The van der Waals surface area contributed by atoms with Gasteiger partial charge in [-0.05, 0) is 54.8 Å². The van der Waals surface area contributed by atoms with Gasteiger partial charge in [0.2, 0.25) is 0 Å². The Kier molecular flexibility index (Phi) is 8.89. The number of nitrogens with two attached hydrogens (primary N) is 1. The third-order valence-corrected chi connectivity index (χ3v) is 4.51. The molecule has 7 nitrogen and oxygen atoms in total. The van der Waals surface area contributed by atoms with E-state index in [4.69, 9.17) is 23.0 Å². The number of methoxy groups -OCH3 is 2. The van der Waals surface area contributed by atoms with Crippen LogP contribution in [-0.4, -0.2) is 32.4 Å². The van der Waals surface area contributed by atoms with Crippen molar-refractivity contribution in [2.75, 3.05) is 14.2 Å². The molecule has 8 heteroatoms. The van der Waals surface area contributed by atoms with E-state index in [1.165, 1.54) is 16.7 Å². The summed E-state index contributed by atoms with van der Waals surface area (Å²) >= 11 is 0. The van der Waals surface area contributed by atoms with Crippen LogP contribution in [0.4, 0.5) is 0 Å². The van der Waals surface area contributed by atoms with Gasteiger partial charge in [-0.2, -0.15) is 5.10 Å². The molecule has 0 bridgehead atoms. The van der Waals surface area contributed by atoms with Gasteiger partial charge >= 0.3 is 0 Å². The highest BCUT2D eigenvalue weighted by atomic mass is 32.2. The molecule has 2 N–H and O–H groups in total. The molecule has 0 unspecified atom stereocenters. The van der Waals surface area contributed by atoms with E-state index in [-0.39, 0.29) is 0 Å². The molecule has 0 aliphatic carbocycles. The molecule has 162 valence electrons. The lowest BCUT2D eigenvalue weighted by atomic mass is 10.0. The lowest BCUT2D eigenvalue weighted by Crippen LogP contribution is -2.02. The molecule has 0 saturated heterocycles. The average Bonchev–Trinajstić information content (AvgIpc) is 3.11. The second kappa shape index (κ2) is 11.4. The summed E-state index contributed by atoms with van der Waals surface area (Å²) in [6.45, 7) is 4.31. The quantitative estimate of drug-likeness (QED) is 0.560. The molecule has 1 heterocycles. The van der Waals surface area contributed by atoms with Gasteiger partial charge in [-0.25, -0.2) is 13.6 Å². The van der Waals surface area contributed by atoms with Gasteiger partial charge in [0, 0.05) is 25.1 Å². The normalized spacial score (nSPS) is 10.6. The standard InChI is InChI=1S/C22H26N2O2.H3NO2S/c1-16(2)24-15-19(13-17-5-9-20(25-3)10-6-17)22(23-24)14-18-7-11-21(26-4)12-8-18;1-4(2)3/h5-12,15-16H,13-14H2,1-4H3;4H,(H2,1,2,3). The number of rotatable bonds is 7. The summed E-state index contributed by atoms with van der Waals surface area (Å²) < 4.78 is 30.2. The zero-order chi connectivity index (χ0) is 22.1. The lowest BCUT2D eigenvalue weighted by Gasteiger charge is -2.06. The Balaban J connectivity index is 0.000000735. The highest BCUT2D eigenvalue weighted by Crippen LogP contribution is 2.21. The maximum absolute atomic E-state index is 8.81. The summed E-state index contributed by atoms with van der Waals surface area (Å²) in [5, 5.41) is 8.90. The average molecular weight is 432 g/mol. The summed E-state index contributed by atoms with van der Waals surface area (Å²) in [6, 6.07) is 16.8. The molecule has 3 rings (SSSR count). The molecule has 1 aromatic heterocycles. The maximum atomic E-state index is 8.81. The molecule has 0 aliphatic heterocycles. The van der Waals surface area contributed by atoms with E-state index in [0.29, 0.717) is 6.04 Å². The Morgan fingerprint density at radius 3 is 1.73 bits per heavy atom. The van der Waals surface area contributed by atoms with Crippen molar-refractivity contribution in [2.24, 2.45) is 5.14 Å². The minimum atomic E-state index is -2.62. The van der Waals surface area contributed by atoms with Crippen LogP contribution in [0, 0.1) is 0 Å². The first-order valence-electron chi connectivity index (χ1n) is 9.54. The molecule has 0 atom stereocenters. The fourth-order valence-corrected chi connectivity index (χ4v) is 2.93. The summed E-state index contributed by atoms with van der Waals surface area (Å²) in [4.78, 5) is 0. The third-order valence-electron chi connectivity index (χ3n) is 4.51. The predicted octanol–water partition coefficient (Wildman–Crippen LogP) is 3.13. The molecular weight excluding hydrogens is 402 g/mol. The van der Waals surface area contributed by atoms with E-state index in [1.807, 2.05) is 24.3 Å². The van der Waals surface area contributed by atoms with Crippen LogP contribution in [0.1, 0.15) is 42.3 Å². The Labute approximate surface area is 179 Å². The summed E-state index contributed by atoms with van der Waals surface area (Å²) in [7, 11) is 0.756. The van der Waals surface area contributed by atoms with E-state index < -0.39 is 10.9 Å². The molecule has 0 fully saturated rings. The highest BCUT2D eigenvalue weighted by molar-refractivity contribution is 7.69. The smallest absolute Gasteiger partial charge is 0.198 e. The van der Waals surface area contributed by atoms with Gasteiger partial charge in [-0.3, -0.25) is 4.68 Å². The number of nitrogens with zero attached hydrogens (tertiary/aromatic N) is 2. The van der Waals surface area contributed by atoms with Crippen LogP contribution in [0.2, 0.25) is 0 Å². The van der Waals surface area contributed by atoms with Gasteiger partial charge in [0.25, 0.3) is 0 Å². The molecule has 0 amide bonds. The Morgan fingerprint density at radius 2 is 1.33 bits per heavy atom.